The lowest BCUT2D eigenvalue weighted by Crippen LogP contribution is -2.13. The molecule has 0 fully saturated rings. The number of Topliss-reactive ketones (excluding diaryl/α,β-unsaturated/α-hetero) is 1. The van der Waals surface area contributed by atoms with Crippen molar-refractivity contribution in [2.24, 2.45) is 5.73 Å². The van der Waals surface area contributed by atoms with E-state index in [0.29, 0.717) is 16.8 Å². The first-order chi connectivity index (χ1) is 6.31. The zero-order valence-corrected chi connectivity index (χ0v) is 6.73. The smallest absolute Gasteiger partial charge is 0.246 e. The van der Waals surface area contributed by atoms with E-state index >= 15 is 0 Å². The number of oxazole rings is 1. The van der Waals surface area contributed by atoms with Gasteiger partial charge in [-0.2, -0.15) is 0 Å². The van der Waals surface area contributed by atoms with E-state index in [2.05, 4.69) is 9.97 Å². The monoisotopic (exact) mass is 177 g/mol. The molecule has 2 N–H and O–H groups in total. The van der Waals surface area contributed by atoms with Gasteiger partial charge in [0, 0.05) is 11.8 Å². The fraction of sp³-hybridized carbons (Fsp3) is 0.125. The minimum atomic E-state index is -0.155. The molecule has 2 rings (SSSR count). The summed E-state index contributed by atoms with van der Waals surface area (Å²) in [6.45, 7) is -0.0228. The second kappa shape index (κ2) is 2.95. The quantitative estimate of drug-likeness (QED) is 0.670. The Kier molecular flexibility index (Phi) is 1.79. The molecule has 0 radical (unpaired) electrons. The van der Waals surface area contributed by atoms with Gasteiger partial charge in [0.15, 0.2) is 12.2 Å². The van der Waals surface area contributed by atoms with Crippen molar-refractivity contribution < 1.29 is 9.21 Å². The molecule has 0 aliphatic rings. The summed E-state index contributed by atoms with van der Waals surface area (Å²) >= 11 is 0. The van der Waals surface area contributed by atoms with Crippen molar-refractivity contribution in [3.05, 3.63) is 24.2 Å². The number of aromatic nitrogens is 2. The first kappa shape index (κ1) is 7.88. The molecular weight excluding hydrogens is 170 g/mol. The number of pyridine rings is 1. The van der Waals surface area contributed by atoms with Crippen molar-refractivity contribution in [1.29, 1.82) is 0 Å². The molecule has 5 nitrogen and oxygen atoms in total. The number of hydrogen-bond acceptors (Lipinski definition) is 5. The number of fused-ring (bicyclic) bond motifs is 1. The summed E-state index contributed by atoms with van der Waals surface area (Å²) in [5.74, 6) is -0.155. The van der Waals surface area contributed by atoms with E-state index < -0.39 is 0 Å². The van der Waals surface area contributed by atoms with Gasteiger partial charge in [0.1, 0.15) is 5.52 Å². The molecule has 0 aromatic carbocycles. The number of nitrogens with zero attached hydrogens (tertiary/aromatic N) is 2. The fourth-order valence-electron chi connectivity index (χ4n) is 1.03. The molecule has 0 aliphatic heterocycles. The Morgan fingerprint density at radius 2 is 2.38 bits per heavy atom. The molecule has 0 saturated heterocycles. The second-order valence-corrected chi connectivity index (χ2v) is 2.53. The summed E-state index contributed by atoms with van der Waals surface area (Å²) in [5.41, 5.74) is 6.66. The Labute approximate surface area is 73.6 Å². The van der Waals surface area contributed by atoms with Crippen LogP contribution in [-0.2, 0) is 0 Å². The molecule has 2 aromatic rings. The number of nitrogens with two attached hydrogens (primary N) is 1. The molecule has 0 amide bonds. The van der Waals surface area contributed by atoms with Crippen molar-refractivity contribution in [3.8, 4) is 0 Å². The Bertz CT molecular complexity index is 449. The minimum Gasteiger partial charge on any atom is -0.425 e. The maximum absolute atomic E-state index is 11.2. The largest absolute Gasteiger partial charge is 0.425 e. The lowest BCUT2D eigenvalue weighted by molar-refractivity contribution is 0.100. The number of hydrogen-bond donors (Lipinski definition) is 1. The van der Waals surface area contributed by atoms with Crippen LogP contribution < -0.4 is 5.73 Å². The summed E-state index contributed by atoms with van der Waals surface area (Å²) in [6, 6.07) is 1.61. The minimum absolute atomic E-state index is 0.0228. The van der Waals surface area contributed by atoms with Gasteiger partial charge in [-0.1, -0.05) is 0 Å². The second-order valence-electron chi connectivity index (χ2n) is 2.53. The molecule has 0 spiro atoms. The standard InChI is InChI=1S/C8H7N3O2/c9-2-7(12)5-1-6-8(10-3-5)13-4-11-6/h1,3-4H,2,9H2. The summed E-state index contributed by atoms with van der Waals surface area (Å²) in [7, 11) is 0. The normalized spacial score (nSPS) is 10.5. The Morgan fingerprint density at radius 1 is 1.54 bits per heavy atom. The molecule has 5 heteroatoms. The highest BCUT2D eigenvalue weighted by Crippen LogP contribution is 2.10. The van der Waals surface area contributed by atoms with Crippen LogP contribution in [0.25, 0.3) is 11.2 Å². The van der Waals surface area contributed by atoms with Crippen molar-refractivity contribution in [2.45, 2.75) is 0 Å². The summed E-state index contributed by atoms with van der Waals surface area (Å²) in [6.07, 6.45) is 2.72. The van der Waals surface area contributed by atoms with Crippen molar-refractivity contribution in [2.75, 3.05) is 6.54 Å². The number of carbonyl (C=O) groups excluding carboxylic acids is 1. The third-order valence-electron chi connectivity index (χ3n) is 1.70. The van der Waals surface area contributed by atoms with Crippen LogP contribution in [0.15, 0.2) is 23.1 Å². The maximum Gasteiger partial charge on any atom is 0.246 e. The van der Waals surface area contributed by atoms with E-state index in [1.165, 1.54) is 12.6 Å². The highest BCUT2D eigenvalue weighted by molar-refractivity contribution is 5.98. The first-order valence-corrected chi connectivity index (χ1v) is 3.74. The highest BCUT2D eigenvalue weighted by Gasteiger charge is 2.06. The molecule has 13 heavy (non-hydrogen) atoms. The lowest BCUT2D eigenvalue weighted by Gasteiger charge is -1.94. The van der Waals surface area contributed by atoms with E-state index in [-0.39, 0.29) is 12.3 Å². The lowest BCUT2D eigenvalue weighted by atomic mass is 10.2. The van der Waals surface area contributed by atoms with Gasteiger partial charge in [-0.05, 0) is 6.07 Å². The van der Waals surface area contributed by atoms with Gasteiger partial charge in [-0.3, -0.25) is 4.79 Å². The molecule has 66 valence electrons. The van der Waals surface area contributed by atoms with Crippen LogP contribution in [0, 0.1) is 0 Å². The SMILES string of the molecule is NCC(=O)c1cnc2ocnc2c1. The van der Waals surface area contributed by atoms with Gasteiger partial charge < -0.3 is 10.2 Å². The van der Waals surface area contributed by atoms with E-state index in [1.54, 1.807) is 6.07 Å². The summed E-state index contributed by atoms with van der Waals surface area (Å²) < 4.78 is 4.92. The van der Waals surface area contributed by atoms with Gasteiger partial charge in [0.2, 0.25) is 5.71 Å². The van der Waals surface area contributed by atoms with Gasteiger partial charge >= 0.3 is 0 Å². The fourth-order valence-corrected chi connectivity index (χ4v) is 1.03. The van der Waals surface area contributed by atoms with Crippen LogP contribution in [0.5, 0.6) is 0 Å². The van der Waals surface area contributed by atoms with Gasteiger partial charge in [-0.25, -0.2) is 9.97 Å². The highest BCUT2D eigenvalue weighted by atomic mass is 16.3. The maximum atomic E-state index is 11.2. The first-order valence-electron chi connectivity index (χ1n) is 3.74. The Morgan fingerprint density at radius 3 is 3.15 bits per heavy atom. The summed E-state index contributed by atoms with van der Waals surface area (Å²) in [5, 5.41) is 0. The molecule has 2 heterocycles. The predicted octanol–water partition coefficient (Wildman–Crippen LogP) is 0.364. The molecule has 0 atom stereocenters. The van der Waals surface area contributed by atoms with Gasteiger partial charge in [0.05, 0.1) is 6.54 Å². The Balaban J connectivity index is 2.54. The van der Waals surface area contributed by atoms with Gasteiger partial charge in [0.25, 0.3) is 0 Å². The number of ketones is 1. The predicted molar refractivity (Wildman–Crippen MR) is 45.2 cm³/mol. The number of carbonyl (C=O) groups is 1. The molecule has 0 saturated carbocycles. The Hall–Kier alpha value is -1.75. The molecule has 0 unspecified atom stereocenters. The van der Waals surface area contributed by atoms with E-state index in [1.807, 2.05) is 0 Å². The third-order valence-corrected chi connectivity index (χ3v) is 1.70. The molecule has 0 bridgehead atoms. The van der Waals surface area contributed by atoms with E-state index in [4.69, 9.17) is 10.2 Å². The zero-order valence-electron chi connectivity index (χ0n) is 6.73. The third kappa shape index (κ3) is 1.29. The van der Waals surface area contributed by atoms with Crippen molar-refractivity contribution in [1.82, 2.24) is 9.97 Å². The molecule has 0 aliphatic carbocycles. The number of rotatable bonds is 2. The van der Waals surface area contributed by atoms with Crippen LogP contribution in [0.4, 0.5) is 0 Å². The van der Waals surface area contributed by atoms with Crippen LogP contribution in [0.2, 0.25) is 0 Å². The average Bonchev–Trinajstić information content (AvgIpc) is 2.63. The van der Waals surface area contributed by atoms with Gasteiger partial charge in [-0.15, -0.1) is 0 Å². The van der Waals surface area contributed by atoms with Crippen LogP contribution in [0.3, 0.4) is 0 Å². The van der Waals surface area contributed by atoms with E-state index in [0.717, 1.165) is 0 Å². The molecule has 2 aromatic heterocycles. The van der Waals surface area contributed by atoms with E-state index in [9.17, 15) is 4.79 Å². The average molecular weight is 177 g/mol. The summed E-state index contributed by atoms with van der Waals surface area (Å²) in [4.78, 5) is 18.9. The van der Waals surface area contributed by atoms with Crippen LogP contribution in [-0.4, -0.2) is 22.3 Å². The topological polar surface area (TPSA) is 82.0 Å². The van der Waals surface area contributed by atoms with Crippen LogP contribution >= 0.6 is 0 Å². The van der Waals surface area contributed by atoms with Crippen molar-refractivity contribution >= 4 is 17.0 Å². The molecular formula is C8H7N3O2. The van der Waals surface area contributed by atoms with Crippen LogP contribution in [0.1, 0.15) is 10.4 Å². The van der Waals surface area contributed by atoms with Crippen molar-refractivity contribution in [3.63, 3.8) is 0 Å². The zero-order chi connectivity index (χ0) is 9.26.